The maximum atomic E-state index is 12.1. The highest BCUT2D eigenvalue weighted by atomic mass is 79.9. The molecule has 0 fully saturated rings. The van der Waals surface area contributed by atoms with Crippen molar-refractivity contribution in [2.75, 3.05) is 18.1 Å². The zero-order valence-corrected chi connectivity index (χ0v) is 10.2. The molecule has 0 radical (unpaired) electrons. The number of hydrogen-bond donors (Lipinski definition) is 2. The van der Waals surface area contributed by atoms with E-state index in [4.69, 9.17) is 5.73 Å². The summed E-state index contributed by atoms with van der Waals surface area (Å²) in [5, 5.41) is 2.58. The third kappa shape index (κ3) is 2.72. The largest absolute Gasteiger partial charge is 0.573 e. The molecule has 0 spiro atoms. The molecule has 0 aliphatic heterocycles. The van der Waals surface area contributed by atoms with E-state index in [1.165, 1.54) is 13.1 Å². The first-order valence-corrected chi connectivity index (χ1v) is 5.07. The summed E-state index contributed by atoms with van der Waals surface area (Å²) in [7, 11) is 1.47. The van der Waals surface area contributed by atoms with Crippen molar-refractivity contribution in [3.05, 3.63) is 16.1 Å². The van der Waals surface area contributed by atoms with Crippen molar-refractivity contribution in [3.63, 3.8) is 0 Å². The normalized spacial score (nSPS) is 11.4. The summed E-state index contributed by atoms with van der Waals surface area (Å²) < 4.78 is 40.7. The predicted octanol–water partition coefficient (Wildman–Crippen LogP) is 3.28. The Morgan fingerprint density at radius 2 is 2.00 bits per heavy atom. The quantitative estimate of drug-likeness (QED) is 0.824. The van der Waals surface area contributed by atoms with E-state index in [2.05, 4.69) is 26.0 Å². The molecule has 1 aromatic rings. The van der Waals surface area contributed by atoms with Crippen molar-refractivity contribution in [3.8, 4) is 5.75 Å². The van der Waals surface area contributed by atoms with Crippen molar-refractivity contribution in [2.45, 2.75) is 13.3 Å². The molecule has 0 aliphatic rings. The van der Waals surface area contributed by atoms with Crippen LogP contribution in [0.2, 0.25) is 0 Å². The molecule has 0 saturated heterocycles. The number of nitrogen functional groups attached to an aromatic ring is 1. The number of anilines is 2. The number of ether oxygens (including phenoxy) is 1. The van der Waals surface area contributed by atoms with Crippen LogP contribution < -0.4 is 15.8 Å². The van der Waals surface area contributed by atoms with E-state index in [0.717, 1.165) is 0 Å². The maximum absolute atomic E-state index is 12.1. The summed E-state index contributed by atoms with van der Waals surface area (Å²) in [5.74, 6) is -0.357. The lowest BCUT2D eigenvalue weighted by atomic mass is 10.1. The van der Waals surface area contributed by atoms with E-state index in [0.29, 0.717) is 10.0 Å². The number of rotatable bonds is 2. The molecule has 0 heterocycles. The van der Waals surface area contributed by atoms with Gasteiger partial charge < -0.3 is 15.8 Å². The van der Waals surface area contributed by atoms with Crippen LogP contribution in [0.4, 0.5) is 24.5 Å². The standard InChI is InChI=1S/C9H10BrF3N2O/c1-4-5(10)3-6(16-9(11,12)13)8(15-2)7(4)14/h3,15H,14H2,1-2H3. The second-order valence-corrected chi connectivity index (χ2v) is 3.92. The number of hydrogen-bond acceptors (Lipinski definition) is 3. The highest BCUT2D eigenvalue weighted by Gasteiger charge is 2.33. The Hall–Kier alpha value is -1.11. The highest BCUT2D eigenvalue weighted by Crippen LogP contribution is 2.40. The molecule has 3 nitrogen and oxygen atoms in total. The molecule has 0 amide bonds. The second kappa shape index (κ2) is 4.40. The minimum Gasteiger partial charge on any atom is -0.403 e. The van der Waals surface area contributed by atoms with Gasteiger partial charge in [0.25, 0.3) is 0 Å². The van der Waals surface area contributed by atoms with Gasteiger partial charge in [0.2, 0.25) is 0 Å². The predicted molar refractivity (Wildman–Crippen MR) is 59.5 cm³/mol. The van der Waals surface area contributed by atoms with Gasteiger partial charge in [0, 0.05) is 11.5 Å². The van der Waals surface area contributed by atoms with E-state index >= 15 is 0 Å². The van der Waals surface area contributed by atoms with Crippen molar-refractivity contribution in [1.29, 1.82) is 0 Å². The minimum atomic E-state index is -4.74. The monoisotopic (exact) mass is 298 g/mol. The van der Waals surface area contributed by atoms with E-state index in [1.807, 2.05) is 0 Å². The Labute approximate surface area is 98.9 Å². The zero-order chi connectivity index (χ0) is 12.5. The SMILES string of the molecule is CNc1c(OC(F)(F)F)cc(Br)c(C)c1N. The second-order valence-electron chi connectivity index (χ2n) is 3.07. The van der Waals surface area contributed by atoms with Crippen LogP contribution in [-0.2, 0) is 0 Å². The molecule has 0 unspecified atom stereocenters. The lowest BCUT2D eigenvalue weighted by Gasteiger charge is -2.17. The summed E-state index contributed by atoms with van der Waals surface area (Å²) in [6.07, 6.45) is -4.74. The van der Waals surface area contributed by atoms with Crippen LogP contribution in [0.25, 0.3) is 0 Å². The van der Waals surface area contributed by atoms with Gasteiger partial charge in [0.05, 0.1) is 5.69 Å². The summed E-state index contributed by atoms with van der Waals surface area (Å²) in [6.45, 7) is 1.69. The fourth-order valence-electron chi connectivity index (χ4n) is 1.21. The first-order chi connectivity index (χ1) is 7.26. The number of alkyl halides is 3. The van der Waals surface area contributed by atoms with Gasteiger partial charge in [-0.05, 0) is 18.6 Å². The summed E-state index contributed by atoms with van der Waals surface area (Å²) in [4.78, 5) is 0. The fraction of sp³-hybridized carbons (Fsp3) is 0.333. The van der Waals surface area contributed by atoms with Crippen molar-refractivity contribution in [1.82, 2.24) is 0 Å². The molecular formula is C9H10BrF3N2O. The molecule has 3 N–H and O–H groups in total. The van der Waals surface area contributed by atoms with Gasteiger partial charge in [-0.15, -0.1) is 13.2 Å². The number of benzene rings is 1. The van der Waals surface area contributed by atoms with Gasteiger partial charge in [-0.2, -0.15) is 0 Å². The van der Waals surface area contributed by atoms with Gasteiger partial charge in [0.1, 0.15) is 5.69 Å². The van der Waals surface area contributed by atoms with Crippen LogP contribution in [0.5, 0.6) is 5.75 Å². The van der Waals surface area contributed by atoms with Crippen LogP contribution in [0.3, 0.4) is 0 Å². The van der Waals surface area contributed by atoms with Gasteiger partial charge >= 0.3 is 6.36 Å². The van der Waals surface area contributed by atoms with E-state index in [1.54, 1.807) is 6.92 Å². The maximum Gasteiger partial charge on any atom is 0.573 e. The Bertz CT molecular complexity index is 407. The van der Waals surface area contributed by atoms with E-state index in [-0.39, 0.29) is 17.1 Å². The molecule has 7 heteroatoms. The molecule has 90 valence electrons. The van der Waals surface area contributed by atoms with Crippen molar-refractivity contribution in [2.24, 2.45) is 0 Å². The summed E-state index contributed by atoms with van der Waals surface area (Å²) >= 11 is 3.11. The average Bonchev–Trinajstić information content (AvgIpc) is 2.12. The van der Waals surface area contributed by atoms with Gasteiger partial charge in [-0.25, -0.2) is 0 Å². The van der Waals surface area contributed by atoms with Gasteiger partial charge in [-0.3, -0.25) is 0 Å². The van der Waals surface area contributed by atoms with Gasteiger partial charge in [-0.1, -0.05) is 15.9 Å². The highest BCUT2D eigenvalue weighted by molar-refractivity contribution is 9.10. The van der Waals surface area contributed by atoms with Crippen LogP contribution >= 0.6 is 15.9 Å². The molecule has 0 atom stereocenters. The molecule has 0 saturated carbocycles. The lowest BCUT2D eigenvalue weighted by molar-refractivity contribution is -0.274. The molecular weight excluding hydrogens is 289 g/mol. The summed E-state index contributed by atoms with van der Waals surface area (Å²) in [5.41, 5.74) is 6.67. The Balaban J connectivity index is 3.28. The molecule has 0 aliphatic carbocycles. The summed E-state index contributed by atoms with van der Waals surface area (Å²) in [6, 6.07) is 1.23. The van der Waals surface area contributed by atoms with Gasteiger partial charge in [0.15, 0.2) is 5.75 Å². The Morgan fingerprint density at radius 1 is 1.44 bits per heavy atom. The van der Waals surface area contributed by atoms with Crippen LogP contribution in [0, 0.1) is 6.92 Å². The fourth-order valence-corrected chi connectivity index (χ4v) is 1.63. The van der Waals surface area contributed by atoms with E-state index < -0.39 is 6.36 Å². The van der Waals surface area contributed by atoms with Crippen molar-refractivity contribution >= 4 is 27.3 Å². The zero-order valence-electron chi connectivity index (χ0n) is 8.57. The van der Waals surface area contributed by atoms with Crippen LogP contribution in [0.1, 0.15) is 5.56 Å². The number of nitrogens with two attached hydrogens (primary N) is 1. The third-order valence-electron chi connectivity index (χ3n) is 2.01. The molecule has 1 rings (SSSR count). The average molecular weight is 299 g/mol. The smallest absolute Gasteiger partial charge is 0.403 e. The minimum absolute atomic E-state index is 0.123. The first-order valence-electron chi connectivity index (χ1n) is 4.28. The Kier molecular flexibility index (Phi) is 3.57. The van der Waals surface area contributed by atoms with E-state index in [9.17, 15) is 13.2 Å². The van der Waals surface area contributed by atoms with Crippen LogP contribution in [0.15, 0.2) is 10.5 Å². The van der Waals surface area contributed by atoms with Crippen LogP contribution in [-0.4, -0.2) is 13.4 Å². The molecule has 1 aromatic carbocycles. The third-order valence-corrected chi connectivity index (χ3v) is 2.84. The molecule has 16 heavy (non-hydrogen) atoms. The lowest BCUT2D eigenvalue weighted by Crippen LogP contribution is -2.18. The van der Waals surface area contributed by atoms with Crippen molar-refractivity contribution < 1.29 is 17.9 Å². The molecule has 0 aromatic heterocycles. The number of halogens is 4. The molecule has 0 bridgehead atoms. The Morgan fingerprint density at radius 3 is 2.44 bits per heavy atom. The topological polar surface area (TPSA) is 47.3 Å². The first kappa shape index (κ1) is 13.0. The number of nitrogens with one attached hydrogen (secondary N) is 1.